The molecule has 7 heteroatoms. The molecule has 0 spiro atoms. The molecule has 0 radical (unpaired) electrons. The van der Waals surface area contributed by atoms with Crippen LogP contribution in [0.15, 0.2) is 12.1 Å². The Hall–Kier alpha value is -2.49. The maximum atomic E-state index is 13.9. The molecule has 0 bridgehead atoms. The van der Waals surface area contributed by atoms with Crippen LogP contribution in [-0.2, 0) is 0 Å². The van der Waals surface area contributed by atoms with Gasteiger partial charge in [0.05, 0.1) is 11.5 Å². The van der Waals surface area contributed by atoms with E-state index < -0.39 is 33.7 Å². The molecule has 5 nitrogen and oxygen atoms in total. The van der Waals surface area contributed by atoms with Crippen molar-refractivity contribution in [1.82, 2.24) is 4.90 Å². The first kappa shape index (κ1) is 15.6. The molecule has 0 aliphatic heterocycles. The molecular weight excluding hydrogens is 270 g/mol. The van der Waals surface area contributed by atoms with Crippen LogP contribution >= 0.6 is 0 Å². The van der Waals surface area contributed by atoms with Gasteiger partial charge in [-0.15, -0.1) is 6.42 Å². The topological polar surface area (TPSA) is 63.5 Å². The molecule has 0 saturated heterocycles. The quantitative estimate of drug-likeness (QED) is 0.473. The van der Waals surface area contributed by atoms with E-state index in [1.54, 1.807) is 6.92 Å². The van der Waals surface area contributed by atoms with Gasteiger partial charge in [-0.3, -0.25) is 14.9 Å². The van der Waals surface area contributed by atoms with Gasteiger partial charge in [0.15, 0.2) is 0 Å². The normalized spacial score (nSPS) is 9.90. The molecule has 1 rings (SSSR count). The fraction of sp³-hybridized carbons (Fsp3) is 0.308. The summed E-state index contributed by atoms with van der Waals surface area (Å²) in [6.45, 7) is 1.83. The second kappa shape index (κ2) is 6.61. The Balaban J connectivity index is 3.30. The average molecular weight is 282 g/mol. The van der Waals surface area contributed by atoms with E-state index in [2.05, 4.69) is 5.92 Å². The van der Waals surface area contributed by atoms with E-state index in [-0.39, 0.29) is 13.1 Å². The molecule has 0 saturated carbocycles. The van der Waals surface area contributed by atoms with Crippen molar-refractivity contribution in [2.24, 2.45) is 0 Å². The van der Waals surface area contributed by atoms with E-state index in [4.69, 9.17) is 6.42 Å². The van der Waals surface area contributed by atoms with Gasteiger partial charge in [-0.25, -0.2) is 4.39 Å². The number of nitro benzene ring substituents is 1. The van der Waals surface area contributed by atoms with Crippen molar-refractivity contribution in [2.45, 2.75) is 13.3 Å². The van der Waals surface area contributed by atoms with Crippen LogP contribution in [0.5, 0.6) is 0 Å². The van der Waals surface area contributed by atoms with E-state index in [1.165, 1.54) is 0 Å². The molecule has 0 aliphatic carbocycles. The lowest BCUT2D eigenvalue weighted by molar-refractivity contribution is -0.387. The number of hydrogen-bond acceptors (Lipinski definition) is 3. The van der Waals surface area contributed by atoms with Crippen LogP contribution in [0.3, 0.4) is 0 Å². The minimum absolute atomic E-state index is 0.131. The number of benzene rings is 1. The minimum Gasteiger partial charge on any atom is -0.327 e. The summed E-state index contributed by atoms with van der Waals surface area (Å²) in [5.41, 5.74) is -1.91. The highest BCUT2D eigenvalue weighted by atomic mass is 19.1. The van der Waals surface area contributed by atoms with Crippen molar-refractivity contribution in [3.63, 3.8) is 0 Å². The third kappa shape index (κ3) is 3.09. The predicted molar refractivity (Wildman–Crippen MR) is 68.0 cm³/mol. The maximum absolute atomic E-state index is 13.9. The summed E-state index contributed by atoms with van der Waals surface area (Å²) in [5.74, 6) is -1.43. The second-order valence-corrected chi connectivity index (χ2v) is 3.94. The van der Waals surface area contributed by atoms with Gasteiger partial charge >= 0.3 is 5.69 Å². The molecule has 0 N–H and O–H groups in total. The van der Waals surface area contributed by atoms with Gasteiger partial charge in [0, 0.05) is 12.6 Å². The lowest BCUT2D eigenvalue weighted by Crippen LogP contribution is -2.33. The Kier molecular flexibility index (Phi) is 5.15. The van der Waals surface area contributed by atoms with E-state index in [9.17, 15) is 23.7 Å². The van der Waals surface area contributed by atoms with Crippen LogP contribution in [0, 0.1) is 34.1 Å². The van der Waals surface area contributed by atoms with Gasteiger partial charge in [-0.05, 0) is 12.5 Å². The van der Waals surface area contributed by atoms with Gasteiger partial charge in [-0.2, -0.15) is 4.39 Å². The highest BCUT2D eigenvalue weighted by Crippen LogP contribution is 2.24. The predicted octanol–water partition coefficient (Wildman–Crippen LogP) is 2.36. The maximum Gasteiger partial charge on any atom is 0.305 e. The SMILES string of the molecule is C#CCN(CCC)C(=O)c1c(F)ccc([N+](=O)[O-])c1F. The molecule has 0 atom stereocenters. The van der Waals surface area contributed by atoms with Crippen LogP contribution in [-0.4, -0.2) is 28.8 Å². The van der Waals surface area contributed by atoms with Gasteiger partial charge in [0.25, 0.3) is 5.91 Å². The van der Waals surface area contributed by atoms with Crippen LogP contribution in [0.1, 0.15) is 23.7 Å². The zero-order valence-corrected chi connectivity index (χ0v) is 10.7. The first-order valence-corrected chi connectivity index (χ1v) is 5.79. The number of carbonyl (C=O) groups is 1. The Labute approximate surface area is 114 Å². The van der Waals surface area contributed by atoms with Crippen LogP contribution in [0.4, 0.5) is 14.5 Å². The minimum atomic E-state index is -1.49. The number of nitrogens with zero attached hydrogens (tertiary/aromatic N) is 2. The third-order valence-electron chi connectivity index (χ3n) is 2.54. The highest BCUT2D eigenvalue weighted by Gasteiger charge is 2.28. The Morgan fingerprint density at radius 1 is 1.50 bits per heavy atom. The number of carbonyl (C=O) groups excluding carboxylic acids is 1. The Bertz CT molecular complexity index is 582. The summed E-state index contributed by atoms with van der Waals surface area (Å²) in [4.78, 5) is 22.7. The van der Waals surface area contributed by atoms with Gasteiger partial charge in [0.2, 0.25) is 5.82 Å². The summed E-state index contributed by atoms with van der Waals surface area (Å²) >= 11 is 0. The second-order valence-electron chi connectivity index (χ2n) is 3.94. The van der Waals surface area contributed by atoms with E-state index in [0.29, 0.717) is 18.6 Å². The van der Waals surface area contributed by atoms with Gasteiger partial charge < -0.3 is 4.90 Å². The Morgan fingerprint density at radius 2 is 2.15 bits per heavy atom. The highest BCUT2D eigenvalue weighted by molar-refractivity contribution is 5.95. The Morgan fingerprint density at radius 3 is 2.65 bits per heavy atom. The molecule has 0 fully saturated rings. The molecular formula is C13H12F2N2O3. The van der Waals surface area contributed by atoms with Crippen LogP contribution < -0.4 is 0 Å². The number of rotatable bonds is 5. The van der Waals surface area contributed by atoms with Crippen molar-refractivity contribution in [3.05, 3.63) is 39.4 Å². The van der Waals surface area contributed by atoms with Crippen molar-refractivity contribution in [2.75, 3.05) is 13.1 Å². The van der Waals surface area contributed by atoms with Crippen LogP contribution in [0.25, 0.3) is 0 Å². The summed E-state index contributed by atoms with van der Waals surface area (Å²) in [5, 5.41) is 10.6. The zero-order valence-electron chi connectivity index (χ0n) is 10.7. The largest absolute Gasteiger partial charge is 0.327 e. The lowest BCUT2D eigenvalue weighted by Gasteiger charge is -2.19. The first-order valence-electron chi connectivity index (χ1n) is 5.79. The third-order valence-corrected chi connectivity index (χ3v) is 2.54. The lowest BCUT2D eigenvalue weighted by atomic mass is 10.1. The number of nitro groups is 1. The number of amides is 1. The molecule has 0 heterocycles. The molecule has 0 aliphatic rings. The number of halogens is 2. The fourth-order valence-electron chi connectivity index (χ4n) is 1.67. The molecule has 0 aromatic heterocycles. The van der Waals surface area contributed by atoms with Crippen LogP contribution in [0.2, 0.25) is 0 Å². The fourth-order valence-corrected chi connectivity index (χ4v) is 1.67. The van der Waals surface area contributed by atoms with Crippen molar-refractivity contribution in [3.8, 4) is 12.3 Å². The monoisotopic (exact) mass is 282 g/mol. The molecule has 1 amide bonds. The molecule has 20 heavy (non-hydrogen) atoms. The first-order chi connectivity index (χ1) is 9.43. The van der Waals surface area contributed by atoms with E-state index in [1.807, 2.05) is 0 Å². The smallest absolute Gasteiger partial charge is 0.305 e. The summed E-state index contributed by atoms with van der Waals surface area (Å²) in [6, 6.07) is 1.36. The van der Waals surface area contributed by atoms with E-state index in [0.717, 1.165) is 4.90 Å². The van der Waals surface area contributed by atoms with Crippen molar-refractivity contribution >= 4 is 11.6 Å². The summed E-state index contributed by atoms with van der Waals surface area (Å²) < 4.78 is 27.5. The van der Waals surface area contributed by atoms with Gasteiger partial charge in [-0.1, -0.05) is 12.8 Å². The molecule has 1 aromatic carbocycles. The number of hydrogen-bond donors (Lipinski definition) is 0. The summed E-state index contributed by atoms with van der Waals surface area (Å²) in [7, 11) is 0. The molecule has 0 unspecified atom stereocenters. The zero-order chi connectivity index (χ0) is 15.3. The number of terminal acetylenes is 1. The molecule has 106 valence electrons. The van der Waals surface area contributed by atoms with Crippen molar-refractivity contribution < 1.29 is 18.5 Å². The van der Waals surface area contributed by atoms with Crippen molar-refractivity contribution in [1.29, 1.82) is 0 Å². The molecule has 1 aromatic rings. The van der Waals surface area contributed by atoms with Gasteiger partial charge in [0.1, 0.15) is 11.4 Å². The average Bonchev–Trinajstić information content (AvgIpc) is 2.37. The van der Waals surface area contributed by atoms with E-state index >= 15 is 0 Å². The summed E-state index contributed by atoms with van der Waals surface area (Å²) in [6.07, 6.45) is 5.62. The standard InChI is InChI=1S/C13H12F2N2O3/c1-3-7-16(8-4-2)13(18)11-9(14)5-6-10(12(11)15)17(19)20/h1,5-6H,4,7-8H2,2H3.